The SMILES string of the molecule is CSC(C)(C)CNc1nnc(CN)o1. The lowest BCUT2D eigenvalue weighted by molar-refractivity contribution is 0.505. The summed E-state index contributed by atoms with van der Waals surface area (Å²) in [7, 11) is 0. The normalized spacial score (nSPS) is 11.7. The molecule has 0 aliphatic carbocycles. The van der Waals surface area contributed by atoms with Crippen LogP contribution in [0.5, 0.6) is 0 Å². The summed E-state index contributed by atoms with van der Waals surface area (Å²) >= 11 is 1.78. The van der Waals surface area contributed by atoms with Gasteiger partial charge in [0, 0.05) is 11.3 Å². The van der Waals surface area contributed by atoms with Gasteiger partial charge in [-0.05, 0) is 20.1 Å². The van der Waals surface area contributed by atoms with E-state index in [9.17, 15) is 0 Å². The van der Waals surface area contributed by atoms with E-state index >= 15 is 0 Å². The molecule has 0 aromatic carbocycles. The zero-order valence-corrected chi connectivity index (χ0v) is 9.52. The molecule has 0 aliphatic rings. The fraction of sp³-hybridized carbons (Fsp3) is 0.750. The first kappa shape index (κ1) is 11.3. The molecule has 0 radical (unpaired) electrons. The van der Waals surface area contributed by atoms with Crippen molar-refractivity contribution in [1.29, 1.82) is 0 Å². The maximum Gasteiger partial charge on any atom is 0.315 e. The zero-order chi connectivity index (χ0) is 10.6. The molecule has 6 heteroatoms. The highest BCUT2D eigenvalue weighted by Crippen LogP contribution is 2.21. The van der Waals surface area contributed by atoms with Gasteiger partial charge in [-0.3, -0.25) is 0 Å². The Balaban J connectivity index is 2.45. The number of aromatic nitrogens is 2. The summed E-state index contributed by atoms with van der Waals surface area (Å²) in [6, 6.07) is 0.438. The summed E-state index contributed by atoms with van der Waals surface area (Å²) < 4.78 is 5.36. The highest BCUT2D eigenvalue weighted by molar-refractivity contribution is 7.99. The highest BCUT2D eigenvalue weighted by atomic mass is 32.2. The number of nitrogens with two attached hydrogens (primary N) is 1. The van der Waals surface area contributed by atoms with Gasteiger partial charge in [0.1, 0.15) is 0 Å². The summed E-state index contributed by atoms with van der Waals surface area (Å²) in [5, 5.41) is 10.6. The Bertz CT molecular complexity index is 287. The number of nitrogens with zero attached hydrogens (tertiary/aromatic N) is 2. The van der Waals surface area contributed by atoms with Gasteiger partial charge in [0.2, 0.25) is 5.89 Å². The van der Waals surface area contributed by atoms with Crippen molar-refractivity contribution in [2.24, 2.45) is 5.73 Å². The van der Waals surface area contributed by atoms with Gasteiger partial charge in [-0.1, -0.05) is 5.10 Å². The third kappa shape index (κ3) is 3.19. The lowest BCUT2D eigenvalue weighted by atomic mass is 10.2. The van der Waals surface area contributed by atoms with Crippen LogP contribution in [0.4, 0.5) is 6.01 Å². The number of hydrogen-bond acceptors (Lipinski definition) is 6. The first-order chi connectivity index (χ1) is 6.57. The van der Waals surface area contributed by atoms with Crippen LogP contribution in [0.15, 0.2) is 4.42 Å². The van der Waals surface area contributed by atoms with Gasteiger partial charge in [-0.2, -0.15) is 11.8 Å². The molecule has 0 atom stereocenters. The van der Waals surface area contributed by atoms with E-state index in [0.717, 1.165) is 6.54 Å². The van der Waals surface area contributed by atoms with Gasteiger partial charge in [0.15, 0.2) is 0 Å². The van der Waals surface area contributed by atoms with Crippen LogP contribution >= 0.6 is 11.8 Å². The van der Waals surface area contributed by atoms with E-state index < -0.39 is 0 Å². The number of thioether (sulfide) groups is 1. The molecule has 1 rings (SSSR count). The maximum absolute atomic E-state index is 5.34. The number of nitrogens with one attached hydrogen (secondary N) is 1. The lowest BCUT2D eigenvalue weighted by Crippen LogP contribution is -2.25. The van der Waals surface area contributed by atoms with E-state index in [2.05, 4.69) is 35.6 Å². The third-order valence-electron chi connectivity index (χ3n) is 1.86. The van der Waals surface area contributed by atoms with Crippen molar-refractivity contribution in [1.82, 2.24) is 10.2 Å². The smallest absolute Gasteiger partial charge is 0.315 e. The molecule has 0 saturated heterocycles. The van der Waals surface area contributed by atoms with Crippen LogP contribution in [0.2, 0.25) is 0 Å². The van der Waals surface area contributed by atoms with Crippen LogP contribution in [0.25, 0.3) is 0 Å². The second-order valence-electron chi connectivity index (χ2n) is 3.52. The minimum atomic E-state index is 0.150. The molecular weight excluding hydrogens is 200 g/mol. The lowest BCUT2D eigenvalue weighted by Gasteiger charge is -2.21. The summed E-state index contributed by atoms with van der Waals surface area (Å²) in [6.07, 6.45) is 2.07. The van der Waals surface area contributed by atoms with Crippen LogP contribution in [0.1, 0.15) is 19.7 Å². The van der Waals surface area contributed by atoms with Crippen molar-refractivity contribution in [3.63, 3.8) is 0 Å². The molecule has 1 heterocycles. The van der Waals surface area contributed by atoms with Crippen molar-refractivity contribution < 1.29 is 4.42 Å². The maximum atomic E-state index is 5.34. The van der Waals surface area contributed by atoms with Gasteiger partial charge >= 0.3 is 6.01 Å². The predicted molar refractivity (Wildman–Crippen MR) is 58.3 cm³/mol. The summed E-state index contributed by atoms with van der Waals surface area (Å²) in [6.45, 7) is 5.34. The molecule has 0 aliphatic heterocycles. The molecule has 0 fully saturated rings. The van der Waals surface area contributed by atoms with Gasteiger partial charge in [-0.25, -0.2) is 0 Å². The average Bonchev–Trinajstić information content (AvgIpc) is 2.63. The molecule has 14 heavy (non-hydrogen) atoms. The quantitative estimate of drug-likeness (QED) is 0.767. The molecule has 1 aromatic heterocycles. The molecule has 0 bridgehead atoms. The molecule has 5 nitrogen and oxygen atoms in total. The van der Waals surface area contributed by atoms with Crippen molar-refractivity contribution in [3.05, 3.63) is 5.89 Å². The van der Waals surface area contributed by atoms with E-state index in [1.165, 1.54) is 0 Å². The topological polar surface area (TPSA) is 77.0 Å². The van der Waals surface area contributed by atoms with E-state index in [-0.39, 0.29) is 11.3 Å². The second kappa shape index (κ2) is 4.65. The zero-order valence-electron chi connectivity index (χ0n) is 8.70. The number of rotatable bonds is 5. The first-order valence-corrected chi connectivity index (χ1v) is 5.61. The van der Waals surface area contributed by atoms with Gasteiger partial charge in [0.05, 0.1) is 6.54 Å². The van der Waals surface area contributed by atoms with Crippen LogP contribution in [0, 0.1) is 0 Å². The molecule has 1 aromatic rings. The largest absolute Gasteiger partial charge is 0.407 e. The summed E-state index contributed by atoms with van der Waals surface area (Å²) in [4.78, 5) is 0. The van der Waals surface area contributed by atoms with Crippen LogP contribution in [-0.4, -0.2) is 27.7 Å². The van der Waals surface area contributed by atoms with E-state index in [4.69, 9.17) is 10.2 Å². The van der Waals surface area contributed by atoms with Crippen molar-refractivity contribution >= 4 is 17.8 Å². The molecule has 80 valence electrons. The van der Waals surface area contributed by atoms with E-state index in [1.807, 2.05) is 0 Å². The van der Waals surface area contributed by atoms with Crippen LogP contribution < -0.4 is 11.1 Å². The number of hydrogen-bond donors (Lipinski definition) is 2. The number of anilines is 1. The second-order valence-corrected chi connectivity index (χ2v) is 5.04. The molecule has 0 amide bonds. The standard InChI is InChI=1S/C8H16N4OS/c1-8(2,14-3)5-10-7-12-11-6(4-9)13-7/h4-5,9H2,1-3H3,(H,10,12). The minimum absolute atomic E-state index is 0.150. The highest BCUT2D eigenvalue weighted by Gasteiger charge is 2.16. The van der Waals surface area contributed by atoms with Gasteiger partial charge in [-0.15, -0.1) is 5.10 Å². The molecule has 0 unspecified atom stereocenters. The Morgan fingerprint density at radius 1 is 1.50 bits per heavy atom. The van der Waals surface area contributed by atoms with Gasteiger partial charge < -0.3 is 15.5 Å². The Morgan fingerprint density at radius 3 is 2.71 bits per heavy atom. The Hall–Kier alpha value is -0.750. The molecule has 3 N–H and O–H groups in total. The Morgan fingerprint density at radius 2 is 2.21 bits per heavy atom. The molecule has 0 spiro atoms. The van der Waals surface area contributed by atoms with E-state index in [0.29, 0.717) is 11.9 Å². The van der Waals surface area contributed by atoms with Crippen molar-refractivity contribution in [2.75, 3.05) is 18.1 Å². The fourth-order valence-corrected chi connectivity index (χ4v) is 0.985. The molecule has 0 saturated carbocycles. The Kier molecular flexibility index (Phi) is 3.77. The summed E-state index contributed by atoms with van der Waals surface area (Å²) in [5.41, 5.74) is 5.34. The van der Waals surface area contributed by atoms with Crippen molar-refractivity contribution in [2.45, 2.75) is 25.1 Å². The monoisotopic (exact) mass is 216 g/mol. The third-order valence-corrected chi connectivity index (χ3v) is 3.11. The van der Waals surface area contributed by atoms with E-state index in [1.54, 1.807) is 11.8 Å². The van der Waals surface area contributed by atoms with Crippen LogP contribution in [0.3, 0.4) is 0 Å². The first-order valence-electron chi connectivity index (χ1n) is 4.39. The fourth-order valence-electron chi connectivity index (χ4n) is 0.768. The minimum Gasteiger partial charge on any atom is -0.407 e. The van der Waals surface area contributed by atoms with Gasteiger partial charge in [0.25, 0.3) is 0 Å². The molecular formula is C8H16N4OS. The van der Waals surface area contributed by atoms with Crippen molar-refractivity contribution in [3.8, 4) is 0 Å². The van der Waals surface area contributed by atoms with Crippen LogP contribution in [-0.2, 0) is 6.54 Å². The predicted octanol–water partition coefficient (Wildman–Crippen LogP) is 1.08. The Labute approximate surface area is 87.8 Å². The summed E-state index contributed by atoms with van der Waals surface area (Å²) in [5.74, 6) is 0.453. The average molecular weight is 216 g/mol.